The number of fused-ring (bicyclic) bond motifs is 1. The van der Waals surface area contributed by atoms with E-state index < -0.39 is 6.04 Å². The lowest BCUT2D eigenvalue weighted by Crippen LogP contribution is -2.28. The largest absolute Gasteiger partial charge is 0.394 e. The molecule has 2 heterocycles. The molecule has 0 bridgehead atoms. The minimum absolute atomic E-state index is 0.151. The molecule has 0 aliphatic carbocycles. The summed E-state index contributed by atoms with van der Waals surface area (Å²) in [6, 6.07) is 1.44. The molecule has 0 aliphatic heterocycles. The van der Waals surface area contributed by atoms with Gasteiger partial charge in [0.15, 0.2) is 5.82 Å². The van der Waals surface area contributed by atoms with Crippen molar-refractivity contribution in [2.75, 3.05) is 18.5 Å². The normalized spacial score (nSPS) is 11.2. The molecule has 0 atom stereocenters. The van der Waals surface area contributed by atoms with Crippen LogP contribution in [0.3, 0.4) is 0 Å². The predicted octanol–water partition coefficient (Wildman–Crippen LogP) is -0.267. The van der Waals surface area contributed by atoms with Gasteiger partial charge in [-0.3, -0.25) is 0 Å². The van der Waals surface area contributed by atoms with Gasteiger partial charge < -0.3 is 20.1 Å². The van der Waals surface area contributed by atoms with Gasteiger partial charge in [0, 0.05) is 13.2 Å². The second kappa shape index (κ2) is 4.46. The summed E-state index contributed by atoms with van der Waals surface area (Å²) in [5.74, 6) is 0.575. The summed E-state index contributed by atoms with van der Waals surface area (Å²) in [5.41, 5.74) is 1.68. The zero-order valence-corrected chi connectivity index (χ0v) is 8.96. The standard InChI is InChI=1S/C10H14N4O2/c1-14-6-12-9-8(14)2-3-11-10(9)13-7(4-15)5-16/h2-3,6-7,15-16H,4-5H2,1H3,(H,11,13). The Balaban J connectivity index is 2.37. The molecule has 0 aromatic carbocycles. The zero-order valence-electron chi connectivity index (χ0n) is 8.96. The van der Waals surface area contributed by atoms with E-state index in [2.05, 4.69) is 15.3 Å². The fourth-order valence-electron chi connectivity index (χ4n) is 1.51. The highest BCUT2D eigenvalue weighted by atomic mass is 16.3. The van der Waals surface area contributed by atoms with Crippen LogP contribution >= 0.6 is 0 Å². The lowest BCUT2D eigenvalue weighted by Gasteiger charge is -2.13. The topological polar surface area (TPSA) is 83.2 Å². The van der Waals surface area contributed by atoms with Crippen molar-refractivity contribution in [3.05, 3.63) is 18.6 Å². The van der Waals surface area contributed by atoms with E-state index in [0.29, 0.717) is 5.82 Å². The summed E-state index contributed by atoms with van der Waals surface area (Å²) < 4.78 is 1.88. The average Bonchev–Trinajstić information content (AvgIpc) is 2.69. The van der Waals surface area contributed by atoms with Gasteiger partial charge in [0.1, 0.15) is 5.52 Å². The maximum absolute atomic E-state index is 8.99. The van der Waals surface area contributed by atoms with Crippen molar-refractivity contribution in [3.63, 3.8) is 0 Å². The van der Waals surface area contributed by atoms with Crippen LogP contribution in [0.5, 0.6) is 0 Å². The molecule has 0 unspecified atom stereocenters. The van der Waals surface area contributed by atoms with Crippen molar-refractivity contribution in [2.45, 2.75) is 6.04 Å². The molecule has 0 fully saturated rings. The van der Waals surface area contributed by atoms with E-state index in [4.69, 9.17) is 10.2 Å². The summed E-state index contributed by atoms with van der Waals surface area (Å²) in [6.07, 6.45) is 3.36. The Morgan fingerprint density at radius 1 is 1.38 bits per heavy atom. The Bertz CT molecular complexity index is 479. The van der Waals surface area contributed by atoms with Crippen molar-refractivity contribution in [1.82, 2.24) is 14.5 Å². The first-order valence-electron chi connectivity index (χ1n) is 5.00. The third-order valence-corrected chi connectivity index (χ3v) is 2.42. The number of hydrogen-bond acceptors (Lipinski definition) is 5. The van der Waals surface area contributed by atoms with Gasteiger partial charge in [-0.25, -0.2) is 9.97 Å². The Labute approximate surface area is 92.6 Å². The van der Waals surface area contributed by atoms with E-state index in [0.717, 1.165) is 11.0 Å². The van der Waals surface area contributed by atoms with E-state index in [1.165, 1.54) is 0 Å². The highest BCUT2D eigenvalue weighted by Gasteiger charge is 2.11. The molecule has 6 nitrogen and oxygen atoms in total. The summed E-state index contributed by atoms with van der Waals surface area (Å²) in [5, 5.41) is 20.9. The van der Waals surface area contributed by atoms with E-state index in [1.54, 1.807) is 12.5 Å². The van der Waals surface area contributed by atoms with Crippen molar-refractivity contribution >= 4 is 16.9 Å². The number of pyridine rings is 1. The summed E-state index contributed by atoms with van der Waals surface area (Å²) in [6.45, 7) is -0.303. The zero-order chi connectivity index (χ0) is 11.5. The molecule has 0 spiro atoms. The minimum atomic E-state index is -0.417. The molecular formula is C10H14N4O2. The molecule has 0 saturated heterocycles. The molecule has 0 amide bonds. The van der Waals surface area contributed by atoms with Crippen LogP contribution in [0.2, 0.25) is 0 Å². The van der Waals surface area contributed by atoms with Gasteiger partial charge in [0.25, 0.3) is 0 Å². The van der Waals surface area contributed by atoms with Crippen LogP contribution in [0.4, 0.5) is 5.82 Å². The first-order chi connectivity index (χ1) is 7.76. The van der Waals surface area contributed by atoms with Gasteiger partial charge in [0.05, 0.1) is 31.1 Å². The monoisotopic (exact) mass is 222 g/mol. The number of anilines is 1. The van der Waals surface area contributed by atoms with Crippen LogP contribution < -0.4 is 5.32 Å². The van der Waals surface area contributed by atoms with Gasteiger partial charge in [-0.1, -0.05) is 0 Å². The van der Waals surface area contributed by atoms with Crippen LogP contribution in [0.1, 0.15) is 0 Å². The molecule has 2 rings (SSSR count). The fourth-order valence-corrected chi connectivity index (χ4v) is 1.51. The van der Waals surface area contributed by atoms with Gasteiger partial charge in [-0.05, 0) is 6.07 Å². The third kappa shape index (κ3) is 1.84. The van der Waals surface area contributed by atoms with E-state index in [9.17, 15) is 0 Å². The highest BCUT2D eigenvalue weighted by molar-refractivity contribution is 5.85. The first-order valence-corrected chi connectivity index (χ1v) is 5.00. The maximum Gasteiger partial charge on any atom is 0.154 e. The second-order valence-corrected chi connectivity index (χ2v) is 3.59. The van der Waals surface area contributed by atoms with E-state index in [1.807, 2.05) is 17.7 Å². The molecule has 6 heteroatoms. The van der Waals surface area contributed by atoms with Crippen LogP contribution in [-0.4, -0.2) is 44.0 Å². The van der Waals surface area contributed by atoms with E-state index >= 15 is 0 Å². The van der Waals surface area contributed by atoms with Gasteiger partial charge in [-0.2, -0.15) is 0 Å². The smallest absolute Gasteiger partial charge is 0.154 e. The molecule has 2 aromatic heterocycles. The van der Waals surface area contributed by atoms with E-state index in [-0.39, 0.29) is 13.2 Å². The molecule has 86 valence electrons. The van der Waals surface area contributed by atoms with Crippen LogP contribution in [-0.2, 0) is 7.05 Å². The molecule has 0 aliphatic rings. The molecular weight excluding hydrogens is 208 g/mol. The molecule has 2 aromatic rings. The molecule has 0 saturated carbocycles. The van der Waals surface area contributed by atoms with Gasteiger partial charge >= 0.3 is 0 Å². The first kappa shape index (κ1) is 10.8. The summed E-state index contributed by atoms with van der Waals surface area (Å²) in [7, 11) is 1.90. The van der Waals surface area contributed by atoms with Crippen molar-refractivity contribution in [3.8, 4) is 0 Å². The molecule has 3 N–H and O–H groups in total. The third-order valence-electron chi connectivity index (χ3n) is 2.42. The number of nitrogens with zero attached hydrogens (tertiary/aromatic N) is 3. The molecule has 16 heavy (non-hydrogen) atoms. The Morgan fingerprint density at radius 2 is 2.12 bits per heavy atom. The van der Waals surface area contributed by atoms with Crippen molar-refractivity contribution in [1.29, 1.82) is 0 Å². The fraction of sp³-hybridized carbons (Fsp3) is 0.400. The summed E-state index contributed by atoms with van der Waals surface area (Å²) in [4.78, 5) is 8.36. The van der Waals surface area contributed by atoms with Gasteiger partial charge in [-0.15, -0.1) is 0 Å². The number of aliphatic hydroxyl groups is 2. The SMILES string of the molecule is Cn1cnc2c(NC(CO)CO)nccc21. The van der Waals surface area contributed by atoms with Crippen molar-refractivity contribution in [2.24, 2.45) is 7.05 Å². The lowest BCUT2D eigenvalue weighted by atomic mass is 10.3. The number of aromatic nitrogens is 3. The minimum Gasteiger partial charge on any atom is -0.394 e. The quantitative estimate of drug-likeness (QED) is 0.663. The Morgan fingerprint density at radius 3 is 2.81 bits per heavy atom. The van der Waals surface area contributed by atoms with Crippen molar-refractivity contribution < 1.29 is 10.2 Å². The average molecular weight is 222 g/mol. The highest BCUT2D eigenvalue weighted by Crippen LogP contribution is 2.18. The maximum atomic E-state index is 8.99. The predicted molar refractivity (Wildman–Crippen MR) is 60.1 cm³/mol. The summed E-state index contributed by atoms with van der Waals surface area (Å²) >= 11 is 0. The number of imidazole rings is 1. The number of rotatable bonds is 4. The second-order valence-electron chi connectivity index (χ2n) is 3.59. The van der Waals surface area contributed by atoms with Crippen LogP contribution in [0, 0.1) is 0 Å². The lowest BCUT2D eigenvalue weighted by molar-refractivity contribution is 0.203. The van der Waals surface area contributed by atoms with Gasteiger partial charge in [0.2, 0.25) is 0 Å². The number of nitrogens with one attached hydrogen (secondary N) is 1. The Kier molecular flexibility index (Phi) is 3.02. The van der Waals surface area contributed by atoms with Crippen LogP contribution in [0.25, 0.3) is 11.0 Å². The molecule has 0 radical (unpaired) electrons. The number of hydrogen-bond donors (Lipinski definition) is 3. The Hall–Kier alpha value is -1.66. The number of aliphatic hydroxyl groups excluding tert-OH is 2. The van der Waals surface area contributed by atoms with Crippen LogP contribution in [0.15, 0.2) is 18.6 Å². The number of aryl methyl sites for hydroxylation is 1.